The van der Waals surface area contributed by atoms with E-state index in [2.05, 4.69) is 20.4 Å². The Morgan fingerprint density at radius 3 is 2.00 bits per heavy atom. The second-order valence-electron chi connectivity index (χ2n) is 4.34. The van der Waals surface area contributed by atoms with Crippen LogP contribution < -0.4 is 0 Å². The molecular weight excluding hydrogens is 208 g/mol. The summed E-state index contributed by atoms with van der Waals surface area (Å²) < 4.78 is 20.0. The maximum Gasteiger partial charge on any atom is 0.104 e. The van der Waals surface area contributed by atoms with Crippen LogP contribution in [0.5, 0.6) is 0 Å². The van der Waals surface area contributed by atoms with Crippen molar-refractivity contribution in [2.45, 2.75) is 26.1 Å². The van der Waals surface area contributed by atoms with Gasteiger partial charge in [-0.25, -0.2) is 0 Å². The summed E-state index contributed by atoms with van der Waals surface area (Å²) in [6.45, 7) is 11.7. The highest BCUT2D eigenvalue weighted by Gasteiger charge is 2.26. The molecule has 2 fully saturated rings. The largest absolute Gasteiger partial charge is 0.502 e. The molecule has 0 aromatic heterocycles. The second-order valence-corrected chi connectivity index (χ2v) is 4.34. The first kappa shape index (κ1) is 13.5. The normalized spacial score (nSPS) is 25.7. The molecular formula is C12H22O4. The van der Waals surface area contributed by atoms with E-state index in [4.69, 9.17) is 18.9 Å². The minimum absolute atomic E-state index is 0.392. The van der Waals surface area contributed by atoms with E-state index in [1.807, 2.05) is 0 Å². The summed E-state index contributed by atoms with van der Waals surface area (Å²) in [5, 5.41) is 0. The molecule has 2 unspecified atom stereocenters. The Labute approximate surface area is 97.5 Å². The van der Waals surface area contributed by atoms with E-state index in [1.165, 1.54) is 6.26 Å². The molecule has 16 heavy (non-hydrogen) atoms. The lowest BCUT2D eigenvalue weighted by atomic mass is 10.2. The van der Waals surface area contributed by atoms with Gasteiger partial charge in [0, 0.05) is 0 Å². The molecule has 2 heterocycles. The van der Waals surface area contributed by atoms with E-state index in [0.29, 0.717) is 18.1 Å². The molecule has 0 spiro atoms. The molecule has 0 saturated carbocycles. The van der Waals surface area contributed by atoms with E-state index in [9.17, 15) is 0 Å². The Hall–Kier alpha value is -0.580. The summed E-state index contributed by atoms with van der Waals surface area (Å²) in [7, 11) is 0. The molecule has 0 N–H and O–H groups in total. The van der Waals surface area contributed by atoms with Crippen LogP contribution in [0.3, 0.4) is 0 Å². The van der Waals surface area contributed by atoms with Gasteiger partial charge in [0.25, 0.3) is 0 Å². The smallest absolute Gasteiger partial charge is 0.104 e. The summed E-state index contributed by atoms with van der Waals surface area (Å²) in [6, 6.07) is 0. The summed E-state index contributed by atoms with van der Waals surface area (Å²) in [5.74, 6) is 0.609. The van der Waals surface area contributed by atoms with Gasteiger partial charge in [-0.15, -0.1) is 0 Å². The summed E-state index contributed by atoms with van der Waals surface area (Å²) >= 11 is 0. The van der Waals surface area contributed by atoms with Crippen molar-refractivity contribution in [2.75, 3.05) is 33.0 Å². The molecule has 0 amide bonds. The molecule has 2 atom stereocenters. The van der Waals surface area contributed by atoms with Gasteiger partial charge in [-0.2, -0.15) is 0 Å². The molecule has 0 bridgehead atoms. The van der Waals surface area contributed by atoms with Gasteiger partial charge in [0.1, 0.15) is 12.2 Å². The van der Waals surface area contributed by atoms with Crippen molar-refractivity contribution >= 4 is 0 Å². The third kappa shape index (κ3) is 8.71. The van der Waals surface area contributed by atoms with Gasteiger partial charge in [-0.1, -0.05) is 20.4 Å². The summed E-state index contributed by atoms with van der Waals surface area (Å²) in [6.07, 6.45) is 2.26. The van der Waals surface area contributed by atoms with E-state index in [-0.39, 0.29) is 0 Å². The van der Waals surface area contributed by atoms with Crippen molar-refractivity contribution in [3.63, 3.8) is 0 Å². The van der Waals surface area contributed by atoms with Crippen LogP contribution in [0, 0.1) is 5.92 Å². The van der Waals surface area contributed by atoms with E-state index in [0.717, 1.165) is 33.0 Å². The lowest BCUT2D eigenvalue weighted by Crippen LogP contribution is -2.06. The zero-order chi connectivity index (χ0) is 11.8. The van der Waals surface area contributed by atoms with Gasteiger partial charge in [0.05, 0.1) is 39.3 Å². The topological polar surface area (TPSA) is 43.5 Å². The number of rotatable bonds is 7. The van der Waals surface area contributed by atoms with Gasteiger partial charge < -0.3 is 18.9 Å². The van der Waals surface area contributed by atoms with Gasteiger partial charge >= 0.3 is 0 Å². The molecule has 0 radical (unpaired) electrons. The standard InChI is InChI=1S/C6H10O3.C6H12O/c1(5-3-8-5)7-2-6-4-9-6;1-4-7-5-6(2)3/h5-6H,1-4H2;4,6H,1,5H2,2-3H3. The van der Waals surface area contributed by atoms with Crippen LogP contribution in [0.15, 0.2) is 12.8 Å². The molecule has 2 aliphatic rings. The fourth-order valence-electron chi connectivity index (χ4n) is 0.920. The molecule has 2 aliphatic heterocycles. The van der Waals surface area contributed by atoms with Crippen LogP contribution in [-0.2, 0) is 18.9 Å². The first-order valence-corrected chi connectivity index (χ1v) is 5.75. The summed E-state index contributed by atoms with van der Waals surface area (Å²) in [5.41, 5.74) is 0. The number of hydrogen-bond acceptors (Lipinski definition) is 4. The van der Waals surface area contributed by atoms with Crippen LogP contribution in [-0.4, -0.2) is 45.2 Å². The summed E-state index contributed by atoms with van der Waals surface area (Å²) in [4.78, 5) is 0. The third-order valence-corrected chi connectivity index (χ3v) is 1.96. The number of epoxide rings is 2. The van der Waals surface area contributed by atoms with E-state index in [1.54, 1.807) is 0 Å². The van der Waals surface area contributed by atoms with Crippen LogP contribution in [0.1, 0.15) is 13.8 Å². The Kier molecular flexibility index (Phi) is 6.45. The van der Waals surface area contributed by atoms with Gasteiger partial charge in [-0.05, 0) is 5.92 Å². The Morgan fingerprint density at radius 1 is 1.25 bits per heavy atom. The molecule has 2 rings (SSSR count). The molecule has 0 aliphatic carbocycles. The lowest BCUT2D eigenvalue weighted by Gasteiger charge is -2.00. The molecule has 4 nitrogen and oxygen atoms in total. The fourth-order valence-corrected chi connectivity index (χ4v) is 0.920. The highest BCUT2D eigenvalue weighted by Crippen LogP contribution is 2.12. The predicted octanol–water partition coefficient (Wildman–Crippen LogP) is 1.60. The van der Waals surface area contributed by atoms with Crippen molar-refractivity contribution in [3.05, 3.63) is 12.8 Å². The van der Waals surface area contributed by atoms with Gasteiger partial charge in [0.2, 0.25) is 0 Å². The van der Waals surface area contributed by atoms with Crippen molar-refractivity contribution in [1.29, 1.82) is 0 Å². The zero-order valence-corrected chi connectivity index (χ0v) is 10.2. The molecule has 94 valence electrons. The lowest BCUT2D eigenvalue weighted by molar-refractivity contribution is 0.102. The Balaban J connectivity index is 0.000000168. The number of ether oxygens (including phenoxy) is 4. The minimum Gasteiger partial charge on any atom is -0.502 e. The fraction of sp³-hybridized carbons (Fsp3) is 0.833. The second kappa shape index (κ2) is 7.65. The highest BCUT2D eigenvalue weighted by molar-refractivity contribution is 4.71. The van der Waals surface area contributed by atoms with E-state index < -0.39 is 0 Å². The maximum atomic E-state index is 5.23. The molecule has 4 heteroatoms. The van der Waals surface area contributed by atoms with Crippen LogP contribution in [0.4, 0.5) is 0 Å². The Bertz CT molecular complexity index is 173. The zero-order valence-electron chi connectivity index (χ0n) is 10.2. The molecule has 0 aromatic rings. The van der Waals surface area contributed by atoms with Gasteiger partial charge in [0.15, 0.2) is 0 Å². The van der Waals surface area contributed by atoms with Crippen molar-refractivity contribution in [1.82, 2.24) is 0 Å². The molecule has 2 saturated heterocycles. The van der Waals surface area contributed by atoms with Crippen LogP contribution >= 0.6 is 0 Å². The third-order valence-electron chi connectivity index (χ3n) is 1.96. The minimum atomic E-state index is 0.392. The number of hydrogen-bond donors (Lipinski definition) is 0. The average Bonchev–Trinajstić information content (AvgIpc) is 3.09. The Morgan fingerprint density at radius 2 is 1.75 bits per heavy atom. The first-order chi connectivity index (χ1) is 7.72. The predicted molar refractivity (Wildman–Crippen MR) is 61.3 cm³/mol. The monoisotopic (exact) mass is 230 g/mol. The van der Waals surface area contributed by atoms with Gasteiger partial charge in [-0.3, -0.25) is 0 Å². The van der Waals surface area contributed by atoms with Crippen molar-refractivity contribution < 1.29 is 18.9 Å². The maximum absolute atomic E-state index is 5.23. The van der Waals surface area contributed by atoms with Crippen LogP contribution in [0.2, 0.25) is 0 Å². The molecule has 0 aromatic carbocycles. The highest BCUT2D eigenvalue weighted by atomic mass is 16.6. The van der Waals surface area contributed by atoms with Crippen molar-refractivity contribution in [2.24, 2.45) is 5.92 Å². The van der Waals surface area contributed by atoms with Crippen molar-refractivity contribution in [3.8, 4) is 0 Å². The first-order valence-electron chi connectivity index (χ1n) is 5.75. The SMILES string of the molecule is C(OCC1CO1)C1CO1.C=COCC(C)C. The average molecular weight is 230 g/mol. The van der Waals surface area contributed by atoms with Crippen LogP contribution in [0.25, 0.3) is 0 Å². The quantitative estimate of drug-likeness (QED) is 0.492. The van der Waals surface area contributed by atoms with E-state index >= 15 is 0 Å².